The molecule has 3 N–H and O–H groups in total. The van der Waals surface area contributed by atoms with Crippen molar-refractivity contribution < 1.29 is 9.15 Å². The summed E-state index contributed by atoms with van der Waals surface area (Å²) in [6.45, 7) is 1.94. The maximum atomic E-state index is 5.63. The summed E-state index contributed by atoms with van der Waals surface area (Å²) in [6.07, 6.45) is 2.47. The molecule has 0 aliphatic heterocycles. The highest BCUT2D eigenvalue weighted by Crippen LogP contribution is 2.23. The minimum Gasteiger partial charge on any atom is -0.497 e. The van der Waals surface area contributed by atoms with E-state index < -0.39 is 0 Å². The molecule has 0 aliphatic rings. The molecule has 0 bridgehead atoms. The highest BCUT2D eigenvalue weighted by atomic mass is 16.5. The average molecular weight is 246 g/mol. The molecule has 0 saturated heterocycles. The zero-order valence-electron chi connectivity index (χ0n) is 10.6. The van der Waals surface area contributed by atoms with Crippen LogP contribution in [0.25, 0.3) is 0 Å². The van der Waals surface area contributed by atoms with Crippen molar-refractivity contribution in [3.8, 4) is 5.75 Å². The molecule has 0 amide bonds. The molecule has 1 heterocycles. The molecular formula is C14H18N2O2. The van der Waals surface area contributed by atoms with Crippen LogP contribution < -0.4 is 16.0 Å². The molecule has 4 nitrogen and oxygen atoms in total. The van der Waals surface area contributed by atoms with Gasteiger partial charge in [-0.15, -0.1) is 0 Å². The maximum absolute atomic E-state index is 5.63. The Kier molecular flexibility index (Phi) is 4.02. The second kappa shape index (κ2) is 5.71. The van der Waals surface area contributed by atoms with Gasteiger partial charge in [0.05, 0.1) is 19.4 Å². The van der Waals surface area contributed by atoms with Gasteiger partial charge in [-0.25, -0.2) is 0 Å². The molecular weight excluding hydrogens is 228 g/mol. The number of hydrogen-bond donors (Lipinski definition) is 2. The molecule has 18 heavy (non-hydrogen) atoms. The summed E-state index contributed by atoms with van der Waals surface area (Å²) in [6, 6.07) is 9.96. The zero-order valence-corrected chi connectivity index (χ0v) is 10.6. The summed E-state index contributed by atoms with van der Waals surface area (Å²) in [5.41, 5.74) is 5.08. The lowest BCUT2D eigenvalue weighted by Gasteiger charge is -2.15. The largest absolute Gasteiger partial charge is 0.497 e. The first-order valence-electron chi connectivity index (χ1n) is 5.87. The Labute approximate surface area is 107 Å². The fourth-order valence-corrected chi connectivity index (χ4v) is 2.05. The van der Waals surface area contributed by atoms with Crippen molar-refractivity contribution in [2.24, 2.45) is 5.84 Å². The number of hydrogen-bond acceptors (Lipinski definition) is 4. The van der Waals surface area contributed by atoms with Gasteiger partial charge in [-0.3, -0.25) is 11.3 Å². The summed E-state index contributed by atoms with van der Waals surface area (Å²) in [5.74, 6) is 7.37. The molecule has 4 heteroatoms. The summed E-state index contributed by atoms with van der Waals surface area (Å²) in [7, 11) is 1.66. The molecule has 1 atom stereocenters. The van der Waals surface area contributed by atoms with E-state index in [-0.39, 0.29) is 6.04 Å². The number of methoxy groups -OCH3 is 1. The first-order valence-corrected chi connectivity index (χ1v) is 5.87. The second-order valence-electron chi connectivity index (χ2n) is 4.21. The molecule has 1 aromatic carbocycles. The lowest BCUT2D eigenvalue weighted by atomic mass is 10.00. The van der Waals surface area contributed by atoms with E-state index >= 15 is 0 Å². The van der Waals surface area contributed by atoms with Crippen molar-refractivity contribution in [2.45, 2.75) is 19.4 Å². The highest BCUT2D eigenvalue weighted by molar-refractivity contribution is 5.31. The molecule has 1 unspecified atom stereocenters. The van der Waals surface area contributed by atoms with Crippen LogP contribution in [-0.4, -0.2) is 7.11 Å². The van der Waals surface area contributed by atoms with Crippen molar-refractivity contribution in [2.75, 3.05) is 7.11 Å². The van der Waals surface area contributed by atoms with Crippen LogP contribution in [-0.2, 0) is 6.42 Å². The SMILES string of the molecule is COc1cccc(CC(NN)c2ccoc2C)c1. The Morgan fingerprint density at radius 2 is 2.22 bits per heavy atom. The van der Waals surface area contributed by atoms with Gasteiger partial charge in [0.2, 0.25) is 0 Å². The van der Waals surface area contributed by atoms with Crippen molar-refractivity contribution in [3.63, 3.8) is 0 Å². The van der Waals surface area contributed by atoms with Crippen molar-refractivity contribution in [1.82, 2.24) is 5.43 Å². The van der Waals surface area contributed by atoms with Crippen LogP contribution in [0.1, 0.15) is 22.9 Å². The molecule has 0 radical (unpaired) electrons. The van der Waals surface area contributed by atoms with E-state index in [9.17, 15) is 0 Å². The second-order valence-corrected chi connectivity index (χ2v) is 4.21. The normalized spacial score (nSPS) is 12.4. The number of hydrazine groups is 1. The Balaban J connectivity index is 2.18. The fraction of sp³-hybridized carbons (Fsp3) is 0.286. The fourth-order valence-electron chi connectivity index (χ4n) is 2.05. The third kappa shape index (κ3) is 2.72. The van der Waals surface area contributed by atoms with Gasteiger partial charge in [0.15, 0.2) is 0 Å². The average Bonchev–Trinajstić information content (AvgIpc) is 2.82. The summed E-state index contributed by atoms with van der Waals surface area (Å²) in [4.78, 5) is 0. The molecule has 2 rings (SSSR count). The van der Waals surface area contributed by atoms with Crippen molar-refractivity contribution >= 4 is 0 Å². The van der Waals surface area contributed by atoms with E-state index in [2.05, 4.69) is 11.5 Å². The number of aryl methyl sites for hydroxylation is 1. The first kappa shape index (κ1) is 12.7. The Morgan fingerprint density at radius 3 is 2.83 bits per heavy atom. The minimum absolute atomic E-state index is 0.0378. The van der Waals surface area contributed by atoms with Gasteiger partial charge in [0.1, 0.15) is 11.5 Å². The predicted molar refractivity (Wildman–Crippen MR) is 70.2 cm³/mol. The van der Waals surface area contributed by atoms with Crippen LogP contribution in [0.15, 0.2) is 41.0 Å². The molecule has 1 aromatic heterocycles. The third-order valence-electron chi connectivity index (χ3n) is 3.05. The lowest BCUT2D eigenvalue weighted by Crippen LogP contribution is -2.29. The van der Waals surface area contributed by atoms with Crippen LogP contribution in [0.4, 0.5) is 0 Å². The Morgan fingerprint density at radius 1 is 1.39 bits per heavy atom. The first-order chi connectivity index (χ1) is 8.74. The smallest absolute Gasteiger partial charge is 0.119 e. The minimum atomic E-state index is 0.0378. The van der Waals surface area contributed by atoms with E-state index in [1.807, 2.05) is 31.2 Å². The van der Waals surface area contributed by atoms with E-state index in [1.165, 1.54) is 0 Å². The van der Waals surface area contributed by atoms with Crippen LogP contribution in [0.2, 0.25) is 0 Å². The molecule has 0 aliphatic carbocycles. The third-order valence-corrected chi connectivity index (χ3v) is 3.05. The van der Waals surface area contributed by atoms with E-state index in [0.29, 0.717) is 0 Å². The van der Waals surface area contributed by atoms with E-state index in [0.717, 1.165) is 29.1 Å². The number of nitrogens with one attached hydrogen (secondary N) is 1. The van der Waals surface area contributed by atoms with Gasteiger partial charge in [-0.1, -0.05) is 12.1 Å². The summed E-state index contributed by atoms with van der Waals surface area (Å²) in [5, 5.41) is 0. The topological polar surface area (TPSA) is 60.4 Å². The van der Waals surface area contributed by atoms with Crippen LogP contribution >= 0.6 is 0 Å². The van der Waals surface area contributed by atoms with Gasteiger partial charge < -0.3 is 9.15 Å². The standard InChI is InChI=1S/C14H18N2O2/c1-10-13(6-7-18-10)14(16-15)9-11-4-3-5-12(8-11)17-2/h3-8,14,16H,9,15H2,1-2H3. The van der Waals surface area contributed by atoms with Gasteiger partial charge in [0.25, 0.3) is 0 Å². The van der Waals surface area contributed by atoms with Gasteiger partial charge in [-0.05, 0) is 37.1 Å². The van der Waals surface area contributed by atoms with E-state index in [1.54, 1.807) is 13.4 Å². The molecule has 0 saturated carbocycles. The van der Waals surface area contributed by atoms with Crippen molar-refractivity contribution in [3.05, 3.63) is 53.5 Å². The maximum Gasteiger partial charge on any atom is 0.119 e. The summed E-state index contributed by atoms with van der Waals surface area (Å²) < 4.78 is 10.5. The van der Waals surface area contributed by atoms with Crippen LogP contribution in [0.3, 0.4) is 0 Å². The highest BCUT2D eigenvalue weighted by Gasteiger charge is 2.15. The number of benzene rings is 1. The van der Waals surface area contributed by atoms with Gasteiger partial charge in [-0.2, -0.15) is 0 Å². The lowest BCUT2D eigenvalue weighted by molar-refractivity contribution is 0.413. The summed E-state index contributed by atoms with van der Waals surface area (Å²) >= 11 is 0. The van der Waals surface area contributed by atoms with Gasteiger partial charge >= 0.3 is 0 Å². The van der Waals surface area contributed by atoms with E-state index in [4.69, 9.17) is 15.0 Å². The Hall–Kier alpha value is -1.78. The monoisotopic (exact) mass is 246 g/mol. The quantitative estimate of drug-likeness (QED) is 0.628. The zero-order chi connectivity index (χ0) is 13.0. The Bertz CT molecular complexity index is 508. The predicted octanol–water partition coefficient (Wildman–Crippen LogP) is 2.34. The number of nitrogens with two attached hydrogens (primary N) is 1. The van der Waals surface area contributed by atoms with Crippen LogP contribution in [0, 0.1) is 6.92 Å². The van der Waals surface area contributed by atoms with Crippen LogP contribution in [0.5, 0.6) is 5.75 Å². The number of furan rings is 1. The molecule has 0 spiro atoms. The number of ether oxygens (including phenoxy) is 1. The number of rotatable bonds is 5. The molecule has 0 fully saturated rings. The van der Waals surface area contributed by atoms with Gasteiger partial charge in [0, 0.05) is 5.56 Å². The van der Waals surface area contributed by atoms with Crippen molar-refractivity contribution in [1.29, 1.82) is 0 Å². The molecule has 96 valence electrons. The molecule has 2 aromatic rings.